The van der Waals surface area contributed by atoms with Crippen LogP contribution in [0.2, 0.25) is 0 Å². The van der Waals surface area contributed by atoms with Crippen LogP contribution in [0.25, 0.3) is 22.0 Å². The van der Waals surface area contributed by atoms with Gasteiger partial charge in [0.15, 0.2) is 0 Å². The third-order valence-electron chi connectivity index (χ3n) is 4.82. The summed E-state index contributed by atoms with van der Waals surface area (Å²) in [6.45, 7) is 2.92. The highest BCUT2D eigenvalue weighted by Crippen LogP contribution is 2.37. The largest absolute Gasteiger partial charge is 0.497 e. The SMILES string of the molecule is CCN1Cc2nc3c(-c4cc(OC)ccc4F)cccc3c(N)c2C1=O. The lowest BCUT2D eigenvalue weighted by Crippen LogP contribution is -2.23. The van der Waals surface area contributed by atoms with Crippen LogP contribution in [0.15, 0.2) is 36.4 Å². The predicted octanol–water partition coefficient (Wildman–Crippen LogP) is 3.61. The minimum Gasteiger partial charge on any atom is -0.497 e. The highest BCUT2D eigenvalue weighted by molar-refractivity contribution is 6.11. The third-order valence-corrected chi connectivity index (χ3v) is 4.82. The number of hydrogen-bond donors (Lipinski definition) is 1. The van der Waals surface area contributed by atoms with Gasteiger partial charge in [-0.25, -0.2) is 9.37 Å². The van der Waals surface area contributed by atoms with Crippen molar-refractivity contribution in [2.75, 3.05) is 19.4 Å². The van der Waals surface area contributed by atoms with Crippen LogP contribution in [-0.2, 0) is 6.54 Å². The molecule has 4 rings (SSSR count). The number of nitrogen functional groups attached to an aromatic ring is 1. The van der Waals surface area contributed by atoms with Gasteiger partial charge in [0.05, 0.1) is 36.1 Å². The first kappa shape index (κ1) is 16.3. The number of carbonyl (C=O) groups is 1. The fourth-order valence-corrected chi connectivity index (χ4v) is 3.44. The van der Waals surface area contributed by atoms with Crippen molar-refractivity contribution in [2.24, 2.45) is 0 Å². The Labute approximate surface area is 150 Å². The molecule has 2 heterocycles. The lowest BCUT2D eigenvalue weighted by Gasteiger charge is -2.12. The number of nitrogens with zero attached hydrogens (tertiary/aromatic N) is 2. The Morgan fingerprint density at radius 3 is 2.81 bits per heavy atom. The zero-order chi connectivity index (χ0) is 18.4. The van der Waals surface area contributed by atoms with E-state index in [4.69, 9.17) is 10.5 Å². The number of benzene rings is 2. The maximum Gasteiger partial charge on any atom is 0.258 e. The Hall–Kier alpha value is -3.15. The molecule has 2 aromatic carbocycles. The van der Waals surface area contributed by atoms with Gasteiger partial charge < -0.3 is 15.4 Å². The first-order valence-electron chi connectivity index (χ1n) is 8.39. The number of halogens is 1. The molecule has 1 amide bonds. The molecule has 5 nitrogen and oxygen atoms in total. The van der Waals surface area contributed by atoms with E-state index in [1.54, 1.807) is 35.2 Å². The number of amides is 1. The van der Waals surface area contributed by atoms with Crippen LogP contribution in [0.1, 0.15) is 23.0 Å². The Morgan fingerprint density at radius 1 is 1.27 bits per heavy atom. The van der Waals surface area contributed by atoms with E-state index in [0.717, 1.165) is 0 Å². The molecular formula is C20H18FN3O2. The van der Waals surface area contributed by atoms with Crippen molar-refractivity contribution >= 4 is 22.5 Å². The highest BCUT2D eigenvalue weighted by atomic mass is 19.1. The van der Waals surface area contributed by atoms with Crippen LogP contribution in [0.5, 0.6) is 5.75 Å². The molecule has 2 N–H and O–H groups in total. The van der Waals surface area contributed by atoms with Gasteiger partial charge in [0.1, 0.15) is 11.6 Å². The van der Waals surface area contributed by atoms with Crippen LogP contribution in [0.3, 0.4) is 0 Å². The van der Waals surface area contributed by atoms with E-state index in [1.807, 2.05) is 6.92 Å². The average Bonchev–Trinajstić information content (AvgIpc) is 2.98. The van der Waals surface area contributed by atoms with E-state index in [9.17, 15) is 9.18 Å². The lowest BCUT2D eigenvalue weighted by atomic mass is 9.98. The molecule has 132 valence electrons. The van der Waals surface area contributed by atoms with Gasteiger partial charge in [-0.3, -0.25) is 4.79 Å². The van der Waals surface area contributed by atoms with Gasteiger partial charge in [0.25, 0.3) is 5.91 Å². The summed E-state index contributed by atoms with van der Waals surface area (Å²) in [6.07, 6.45) is 0. The van der Waals surface area contributed by atoms with Crippen molar-refractivity contribution in [2.45, 2.75) is 13.5 Å². The van der Waals surface area contributed by atoms with Crippen LogP contribution >= 0.6 is 0 Å². The summed E-state index contributed by atoms with van der Waals surface area (Å²) >= 11 is 0. The second-order valence-electron chi connectivity index (χ2n) is 6.21. The highest BCUT2D eigenvalue weighted by Gasteiger charge is 2.31. The van der Waals surface area contributed by atoms with Crippen LogP contribution in [-0.4, -0.2) is 29.4 Å². The summed E-state index contributed by atoms with van der Waals surface area (Å²) in [4.78, 5) is 18.9. The van der Waals surface area contributed by atoms with Crippen molar-refractivity contribution < 1.29 is 13.9 Å². The minimum atomic E-state index is -0.370. The molecule has 0 aliphatic carbocycles. The molecule has 3 aromatic rings. The van der Waals surface area contributed by atoms with Gasteiger partial charge in [-0.1, -0.05) is 18.2 Å². The average molecular weight is 351 g/mol. The van der Waals surface area contributed by atoms with Crippen LogP contribution in [0.4, 0.5) is 10.1 Å². The number of anilines is 1. The van der Waals surface area contributed by atoms with E-state index in [2.05, 4.69) is 4.98 Å². The number of pyridine rings is 1. The van der Waals surface area contributed by atoms with Gasteiger partial charge in [0, 0.05) is 23.1 Å². The van der Waals surface area contributed by atoms with Crippen molar-refractivity contribution in [1.29, 1.82) is 0 Å². The topological polar surface area (TPSA) is 68.5 Å². The van der Waals surface area contributed by atoms with E-state index < -0.39 is 0 Å². The quantitative estimate of drug-likeness (QED) is 0.783. The van der Waals surface area contributed by atoms with Crippen molar-refractivity contribution in [3.63, 3.8) is 0 Å². The van der Waals surface area contributed by atoms with Crippen LogP contribution in [0, 0.1) is 5.82 Å². The number of ether oxygens (including phenoxy) is 1. The molecule has 0 spiro atoms. The zero-order valence-corrected chi connectivity index (χ0v) is 14.5. The zero-order valence-electron chi connectivity index (χ0n) is 14.5. The Morgan fingerprint density at radius 2 is 2.08 bits per heavy atom. The van der Waals surface area contributed by atoms with Gasteiger partial charge in [-0.2, -0.15) is 0 Å². The van der Waals surface area contributed by atoms with Gasteiger partial charge in [0.2, 0.25) is 0 Å². The van der Waals surface area contributed by atoms with Crippen molar-refractivity contribution in [1.82, 2.24) is 9.88 Å². The number of nitrogens with two attached hydrogens (primary N) is 1. The molecule has 0 bridgehead atoms. The Bertz CT molecular complexity index is 1050. The second-order valence-corrected chi connectivity index (χ2v) is 6.21. The first-order chi connectivity index (χ1) is 12.5. The summed E-state index contributed by atoms with van der Waals surface area (Å²) in [7, 11) is 1.54. The second kappa shape index (κ2) is 5.98. The van der Waals surface area contributed by atoms with Gasteiger partial charge in [-0.15, -0.1) is 0 Å². The summed E-state index contributed by atoms with van der Waals surface area (Å²) < 4.78 is 19.7. The number of para-hydroxylation sites is 1. The predicted molar refractivity (Wildman–Crippen MR) is 98.5 cm³/mol. The smallest absolute Gasteiger partial charge is 0.258 e. The van der Waals surface area contributed by atoms with Crippen molar-refractivity contribution in [3.8, 4) is 16.9 Å². The molecule has 6 heteroatoms. The maximum atomic E-state index is 14.5. The van der Waals surface area contributed by atoms with E-state index in [1.165, 1.54) is 13.2 Å². The fraction of sp³-hybridized carbons (Fsp3) is 0.200. The number of aromatic nitrogens is 1. The molecule has 0 fully saturated rings. The van der Waals surface area contributed by atoms with Crippen LogP contribution < -0.4 is 10.5 Å². The monoisotopic (exact) mass is 351 g/mol. The van der Waals surface area contributed by atoms with E-state index in [-0.39, 0.29) is 11.7 Å². The molecule has 0 saturated carbocycles. The number of methoxy groups -OCH3 is 1. The van der Waals surface area contributed by atoms with E-state index >= 15 is 0 Å². The molecule has 0 saturated heterocycles. The lowest BCUT2D eigenvalue weighted by molar-refractivity contribution is 0.0787. The fourth-order valence-electron chi connectivity index (χ4n) is 3.44. The Balaban J connectivity index is 2.00. The molecule has 0 unspecified atom stereocenters. The number of fused-ring (bicyclic) bond motifs is 2. The maximum absolute atomic E-state index is 14.5. The number of hydrogen-bond acceptors (Lipinski definition) is 4. The minimum absolute atomic E-state index is 0.104. The molecule has 0 radical (unpaired) electrons. The van der Waals surface area contributed by atoms with E-state index in [0.29, 0.717) is 57.8 Å². The molecule has 0 atom stereocenters. The molecule has 1 aliphatic rings. The summed E-state index contributed by atoms with van der Waals surface area (Å²) in [6, 6.07) is 9.97. The molecular weight excluding hydrogens is 333 g/mol. The normalized spacial score (nSPS) is 13.3. The number of carbonyl (C=O) groups excluding carboxylic acids is 1. The standard InChI is InChI=1S/C20H18FN3O2/c1-3-24-10-16-17(20(24)25)18(22)13-6-4-5-12(19(13)23-16)14-9-11(26-2)7-8-15(14)21/h4-9H,3,10H2,1-2H3,(H2,22,23). The van der Waals surface area contributed by atoms with Gasteiger partial charge in [-0.05, 0) is 25.1 Å². The Kier molecular flexibility index (Phi) is 3.76. The summed E-state index contributed by atoms with van der Waals surface area (Å²) in [5.41, 5.74) is 9.40. The first-order valence-corrected chi connectivity index (χ1v) is 8.39. The molecule has 1 aromatic heterocycles. The third kappa shape index (κ3) is 2.29. The summed E-state index contributed by atoms with van der Waals surface area (Å²) in [5, 5.41) is 0.648. The molecule has 1 aliphatic heterocycles. The molecule has 26 heavy (non-hydrogen) atoms. The van der Waals surface area contributed by atoms with Crippen molar-refractivity contribution in [3.05, 3.63) is 53.5 Å². The number of rotatable bonds is 3. The summed E-state index contributed by atoms with van der Waals surface area (Å²) in [5.74, 6) is 0.0812. The van der Waals surface area contributed by atoms with Gasteiger partial charge >= 0.3 is 0 Å².